The number of carbonyl (C=O) groups excluding carboxylic acids is 1. The lowest BCUT2D eigenvalue weighted by atomic mass is 10.1. The molecule has 0 aromatic heterocycles. The number of nitrogens with zero attached hydrogens (tertiary/aromatic N) is 1. The number of aliphatic hydroxyl groups is 1. The molecule has 0 aliphatic carbocycles. The van der Waals surface area contributed by atoms with Crippen molar-refractivity contribution in [1.29, 1.82) is 0 Å². The lowest BCUT2D eigenvalue weighted by Gasteiger charge is -2.21. The van der Waals surface area contributed by atoms with E-state index < -0.39 is 6.10 Å². The summed E-state index contributed by atoms with van der Waals surface area (Å²) in [6, 6.07) is -0.294. The van der Waals surface area contributed by atoms with Crippen LogP contribution in [0.4, 0.5) is 0 Å². The molecule has 114 valence electrons. The molecule has 1 amide bonds. The van der Waals surface area contributed by atoms with Gasteiger partial charge in [-0.3, -0.25) is 4.79 Å². The average Bonchev–Trinajstić information content (AvgIpc) is 2.31. The van der Waals surface area contributed by atoms with Gasteiger partial charge in [-0.05, 0) is 26.2 Å². The van der Waals surface area contributed by atoms with Crippen LogP contribution in [0.5, 0.6) is 0 Å². The quantitative estimate of drug-likeness (QED) is 0.655. The summed E-state index contributed by atoms with van der Waals surface area (Å²) in [6.45, 7) is 8.74. The highest BCUT2D eigenvalue weighted by Crippen LogP contribution is 2.07. The van der Waals surface area contributed by atoms with E-state index in [4.69, 9.17) is 4.74 Å². The van der Waals surface area contributed by atoms with Crippen molar-refractivity contribution in [2.45, 2.75) is 52.4 Å². The first kappa shape index (κ1) is 18.4. The predicted molar refractivity (Wildman–Crippen MR) is 77.0 cm³/mol. The number of amides is 1. The van der Waals surface area contributed by atoms with E-state index >= 15 is 0 Å². The lowest BCUT2D eigenvalue weighted by molar-refractivity contribution is -0.130. The summed E-state index contributed by atoms with van der Waals surface area (Å²) in [5, 5.41) is 12.8. The van der Waals surface area contributed by atoms with Gasteiger partial charge in [0.05, 0.1) is 24.9 Å². The second-order valence-electron chi connectivity index (χ2n) is 5.79. The number of ether oxygens (including phenoxy) is 1. The van der Waals surface area contributed by atoms with Crippen LogP contribution in [0, 0.1) is 5.92 Å². The summed E-state index contributed by atoms with van der Waals surface area (Å²) in [6.07, 6.45) is 0.540. The summed E-state index contributed by atoms with van der Waals surface area (Å²) < 4.78 is 5.57. The molecule has 0 heterocycles. The number of hydrogen-bond acceptors (Lipinski definition) is 4. The van der Waals surface area contributed by atoms with E-state index in [-0.39, 0.29) is 18.1 Å². The largest absolute Gasteiger partial charge is 0.389 e. The van der Waals surface area contributed by atoms with Gasteiger partial charge >= 0.3 is 0 Å². The number of aliphatic hydroxyl groups excluding tert-OH is 1. The van der Waals surface area contributed by atoms with Crippen LogP contribution < -0.4 is 5.32 Å². The van der Waals surface area contributed by atoms with Crippen LogP contribution in [0.25, 0.3) is 0 Å². The highest BCUT2D eigenvalue weighted by Gasteiger charge is 2.16. The minimum Gasteiger partial charge on any atom is -0.389 e. The van der Waals surface area contributed by atoms with Gasteiger partial charge in [0.1, 0.15) is 0 Å². The van der Waals surface area contributed by atoms with Crippen molar-refractivity contribution in [3.63, 3.8) is 0 Å². The van der Waals surface area contributed by atoms with Crippen molar-refractivity contribution >= 4 is 5.91 Å². The van der Waals surface area contributed by atoms with Gasteiger partial charge in [0, 0.05) is 20.6 Å². The van der Waals surface area contributed by atoms with Gasteiger partial charge in [0.25, 0.3) is 0 Å². The molecule has 0 bridgehead atoms. The molecule has 3 unspecified atom stereocenters. The Kier molecular flexibility index (Phi) is 8.97. The second-order valence-corrected chi connectivity index (χ2v) is 5.79. The maximum atomic E-state index is 11.6. The molecule has 0 saturated heterocycles. The molecule has 0 spiro atoms. The Morgan fingerprint density at radius 3 is 2.32 bits per heavy atom. The maximum absolute atomic E-state index is 11.6. The number of nitrogens with one attached hydrogen (secondary N) is 1. The fourth-order valence-corrected chi connectivity index (χ4v) is 1.85. The maximum Gasteiger partial charge on any atom is 0.238 e. The van der Waals surface area contributed by atoms with E-state index in [1.807, 2.05) is 6.92 Å². The van der Waals surface area contributed by atoms with Crippen molar-refractivity contribution < 1.29 is 14.6 Å². The van der Waals surface area contributed by atoms with E-state index in [1.54, 1.807) is 21.0 Å². The van der Waals surface area contributed by atoms with Crippen molar-refractivity contribution in [1.82, 2.24) is 10.2 Å². The minimum absolute atomic E-state index is 0.00120. The number of rotatable bonds is 9. The van der Waals surface area contributed by atoms with Crippen molar-refractivity contribution in [3.05, 3.63) is 0 Å². The van der Waals surface area contributed by atoms with Gasteiger partial charge in [0.15, 0.2) is 0 Å². The van der Waals surface area contributed by atoms with E-state index in [0.29, 0.717) is 19.1 Å². The summed E-state index contributed by atoms with van der Waals surface area (Å²) in [5.74, 6) is 0.587. The summed E-state index contributed by atoms with van der Waals surface area (Å²) in [5.41, 5.74) is 0. The Labute approximate surface area is 117 Å². The molecule has 19 heavy (non-hydrogen) atoms. The van der Waals surface area contributed by atoms with Gasteiger partial charge in [-0.25, -0.2) is 0 Å². The molecule has 0 radical (unpaired) electrons. The van der Waals surface area contributed by atoms with Crippen LogP contribution in [0.3, 0.4) is 0 Å². The fourth-order valence-electron chi connectivity index (χ4n) is 1.85. The highest BCUT2D eigenvalue weighted by molar-refractivity contribution is 5.80. The van der Waals surface area contributed by atoms with Crippen LogP contribution >= 0.6 is 0 Å². The number of carbonyl (C=O) groups is 1. The van der Waals surface area contributed by atoms with Gasteiger partial charge in [-0.2, -0.15) is 0 Å². The molecule has 3 atom stereocenters. The van der Waals surface area contributed by atoms with Crippen LogP contribution in [0.1, 0.15) is 34.1 Å². The Bertz CT molecular complexity index is 257. The molecule has 0 saturated carbocycles. The zero-order valence-corrected chi connectivity index (χ0v) is 13.1. The number of hydrogen-bond donors (Lipinski definition) is 2. The van der Waals surface area contributed by atoms with Crippen molar-refractivity contribution in [3.8, 4) is 0 Å². The Morgan fingerprint density at radius 1 is 1.26 bits per heavy atom. The second kappa shape index (κ2) is 9.28. The van der Waals surface area contributed by atoms with Crippen LogP contribution in [0.2, 0.25) is 0 Å². The molecule has 0 aromatic carbocycles. The summed E-state index contributed by atoms with van der Waals surface area (Å²) >= 11 is 0. The zero-order valence-electron chi connectivity index (χ0n) is 13.1. The first-order chi connectivity index (χ1) is 8.73. The van der Waals surface area contributed by atoms with E-state index in [2.05, 4.69) is 19.2 Å². The molecule has 0 rings (SSSR count). The van der Waals surface area contributed by atoms with E-state index in [9.17, 15) is 9.90 Å². The molecular formula is C14H30N2O3. The molecule has 5 nitrogen and oxygen atoms in total. The average molecular weight is 274 g/mol. The normalized spacial score (nSPS) is 16.2. The van der Waals surface area contributed by atoms with Crippen LogP contribution in [0.15, 0.2) is 0 Å². The molecule has 5 heteroatoms. The monoisotopic (exact) mass is 274 g/mol. The smallest absolute Gasteiger partial charge is 0.238 e. The molecule has 0 aromatic rings. The van der Waals surface area contributed by atoms with E-state index in [1.165, 1.54) is 4.90 Å². The Balaban J connectivity index is 3.81. The Hall–Kier alpha value is -0.650. The van der Waals surface area contributed by atoms with E-state index in [0.717, 1.165) is 6.42 Å². The van der Waals surface area contributed by atoms with Crippen molar-refractivity contribution in [2.75, 3.05) is 27.2 Å². The first-order valence-corrected chi connectivity index (χ1v) is 6.98. The summed E-state index contributed by atoms with van der Waals surface area (Å²) in [7, 11) is 3.43. The topological polar surface area (TPSA) is 61.8 Å². The lowest BCUT2D eigenvalue weighted by Crippen LogP contribution is -2.45. The third kappa shape index (κ3) is 8.97. The molecule has 0 aliphatic rings. The third-order valence-electron chi connectivity index (χ3n) is 2.85. The summed E-state index contributed by atoms with van der Waals surface area (Å²) in [4.78, 5) is 13.1. The first-order valence-electron chi connectivity index (χ1n) is 6.98. The third-order valence-corrected chi connectivity index (χ3v) is 2.85. The minimum atomic E-state index is -0.591. The van der Waals surface area contributed by atoms with Crippen molar-refractivity contribution in [2.24, 2.45) is 5.92 Å². The Morgan fingerprint density at radius 2 is 1.84 bits per heavy atom. The predicted octanol–water partition coefficient (Wildman–Crippen LogP) is 0.865. The molecule has 2 N–H and O–H groups in total. The zero-order chi connectivity index (χ0) is 15.0. The van der Waals surface area contributed by atoms with Crippen LogP contribution in [-0.4, -0.2) is 61.4 Å². The van der Waals surface area contributed by atoms with Gasteiger partial charge in [-0.15, -0.1) is 0 Å². The standard InChI is InChI=1S/C14H30N2O3/c1-10(2)7-11(3)19-9-13(17)8-15-12(4)14(18)16(5)6/h10-13,15,17H,7-9H2,1-6H3. The molecule has 0 fully saturated rings. The van der Waals surface area contributed by atoms with Gasteiger partial charge in [0.2, 0.25) is 5.91 Å². The molecular weight excluding hydrogens is 244 g/mol. The number of likely N-dealkylation sites (N-methyl/N-ethyl adjacent to an activating group) is 1. The SMILES string of the molecule is CC(C)CC(C)OCC(O)CNC(C)C(=O)N(C)C. The van der Waals surface area contributed by atoms with Crippen LogP contribution in [-0.2, 0) is 9.53 Å². The fraction of sp³-hybridized carbons (Fsp3) is 0.929. The highest BCUT2D eigenvalue weighted by atomic mass is 16.5. The molecule has 0 aliphatic heterocycles. The van der Waals surface area contributed by atoms with Gasteiger partial charge in [-0.1, -0.05) is 13.8 Å². The van der Waals surface area contributed by atoms with Gasteiger partial charge < -0.3 is 20.1 Å².